The van der Waals surface area contributed by atoms with Crippen LogP contribution in [-0.2, 0) is 15.1 Å². The molecule has 2 amide bonds. The van der Waals surface area contributed by atoms with E-state index in [9.17, 15) is 9.59 Å². The average Bonchev–Trinajstić information content (AvgIpc) is 3.00. The van der Waals surface area contributed by atoms with Crippen LogP contribution in [0.3, 0.4) is 0 Å². The Morgan fingerprint density at radius 2 is 1.82 bits per heavy atom. The molecule has 7 heteroatoms. The van der Waals surface area contributed by atoms with E-state index < -0.39 is 5.54 Å². The molecule has 0 atom stereocenters. The number of aromatic nitrogens is 2. The zero-order valence-corrected chi connectivity index (χ0v) is 13.8. The normalized spacial score (nSPS) is 17.6. The summed E-state index contributed by atoms with van der Waals surface area (Å²) in [4.78, 5) is 30.2. The predicted octanol–water partition coefficient (Wildman–Crippen LogP) is -0.149. The van der Waals surface area contributed by atoms with Crippen molar-refractivity contribution < 1.29 is 9.59 Å². The van der Waals surface area contributed by atoms with Crippen molar-refractivity contribution in [3.05, 3.63) is 18.5 Å². The Hall–Kier alpha value is -1.89. The number of amides is 2. The summed E-state index contributed by atoms with van der Waals surface area (Å²) >= 11 is 0. The number of rotatable bonds is 4. The SMILES string of the molecule is CN(C)CC(=O)N1CCC(C(=O)N(C)C)(n2cccn2)CC1. The number of carbonyl (C=O) groups is 2. The highest BCUT2D eigenvalue weighted by molar-refractivity contribution is 5.85. The molecule has 0 unspecified atom stereocenters. The Balaban J connectivity index is 2.16. The summed E-state index contributed by atoms with van der Waals surface area (Å²) in [6, 6.07) is 1.83. The Morgan fingerprint density at radius 3 is 2.27 bits per heavy atom. The molecule has 1 aliphatic heterocycles. The zero-order valence-electron chi connectivity index (χ0n) is 13.8. The predicted molar refractivity (Wildman–Crippen MR) is 83.3 cm³/mol. The first-order valence-electron chi connectivity index (χ1n) is 7.51. The minimum absolute atomic E-state index is 0.0379. The largest absolute Gasteiger partial charge is 0.347 e. The fourth-order valence-corrected chi connectivity index (χ4v) is 2.98. The van der Waals surface area contributed by atoms with Gasteiger partial charge in [-0.15, -0.1) is 0 Å². The van der Waals surface area contributed by atoms with Crippen LogP contribution in [0.1, 0.15) is 12.8 Å². The lowest BCUT2D eigenvalue weighted by atomic mass is 9.86. The summed E-state index contributed by atoms with van der Waals surface area (Å²) in [5, 5.41) is 4.29. The van der Waals surface area contributed by atoms with Crippen molar-refractivity contribution in [2.24, 2.45) is 0 Å². The highest BCUT2D eigenvalue weighted by Gasteiger charge is 2.45. The van der Waals surface area contributed by atoms with Gasteiger partial charge in [0.05, 0.1) is 6.54 Å². The van der Waals surface area contributed by atoms with Crippen molar-refractivity contribution in [2.45, 2.75) is 18.4 Å². The first-order chi connectivity index (χ1) is 10.4. The highest BCUT2D eigenvalue weighted by atomic mass is 16.2. The molecule has 2 rings (SSSR count). The van der Waals surface area contributed by atoms with Crippen molar-refractivity contribution in [3.63, 3.8) is 0 Å². The van der Waals surface area contributed by atoms with Crippen LogP contribution in [0.25, 0.3) is 0 Å². The molecule has 22 heavy (non-hydrogen) atoms. The topological polar surface area (TPSA) is 61.7 Å². The van der Waals surface area contributed by atoms with E-state index in [4.69, 9.17) is 0 Å². The molecule has 1 aromatic heterocycles. The van der Waals surface area contributed by atoms with Gasteiger partial charge >= 0.3 is 0 Å². The van der Waals surface area contributed by atoms with Gasteiger partial charge in [-0.2, -0.15) is 5.10 Å². The van der Waals surface area contributed by atoms with Crippen molar-refractivity contribution >= 4 is 11.8 Å². The van der Waals surface area contributed by atoms with Gasteiger partial charge in [-0.25, -0.2) is 0 Å². The van der Waals surface area contributed by atoms with Crippen molar-refractivity contribution in [3.8, 4) is 0 Å². The quantitative estimate of drug-likeness (QED) is 0.776. The summed E-state index contributed by atoms with van der Waals surface area (Å²) in [5.74, 6) is 0.146. The fraction of sp³-hybridized carbons (Fsp3) is 0.667. The van der Waals surface area contributed by atoms with E-state index in [0.717, 1.165) is 0 Å². The smallest absolute Gasteiger partial charge is 0.250 e. The maximum absolute atomic E-state index is 12.7. The van der Waals surface area contributed by atoms with Crippen LogP contribution in [0.4, 0.5) is 0 Å². The van der Waals surface area contributed by atoms with Crippen molar-refractivity contribution in [1.82, 2.24) is 24.5 Å². The molecular weight excluding hydrogens is 282 g/mol. The number of likely N-dealkylation sites (tertiary alicyclic amines) is 1. The number of piperidine rings is 1. The third-order valence-electron chi connectivity index (χ3n) is 4.14. The minimum Gasteiger partial charge on any atom is -0.347 e. The summed E-state index contributed by atoms with van der Waals surface area (Å²) in [6.45, 7) is 1.55. The second-order valence-corrected chi connectivity index (χ2v) is 6.30. The summed E-state index contributed by atoms with van der Waals surface area (Å²) in [7, 11) is 7.28. The van der Waals surface area contributed by atoms with Gasteiger partial charge in [0.1, 0.15) is 5.54 Å². The molecule has 1 saturated heterocycles. The minimum atomic E-state index is -0.679. The molecule has 2 heterocycles. The summed E-state index contributed by atoms with van der Waals surface area (Å²) in [6.07, 6.45) is 4.70. The van der Waals surface area contributed by atoms with Crippen LogP contribution < -0.4 is 0 Å². The van der Waals surface area contributed by atoms with Crippen molar-refractivity contribution in [2.75, 3.05) is 47.8 Å². The standard InChI is InChI=1S/C15H25N5O2/c1-17(2)12-13(21)19-10-6-15(7-11-19,14(22)18(3)4)20-9-5-8-16-20/h5,8-9H,6-7,10-12H2,1-4H3. The third-order valence-corrected chi connectivity index (χ3v) is 4.14. The number of nitrogens with zero attached hydrogens (tertiary/aromatic N) is 5. The van der Waals surface area contributed by atoms with Crippen molar-refractivity contribution in [1.29, 1.82) is 0 Å². The molecule has 0 spiro atoms. The van der Waals surface area contributed by atoms with Gasteiger partial charge in [0.25, 0.3) is 0 Å². The molecule has 0 aliphatic carbocycles. The van der Waals surface area contributed by atoms with Gasteiger partial charge in [0.15, 0.2) is 0 Å². The number of hydrogen-bond acceptors (Lipinski definition) is 4. The lowest BCUT2D eigenvalue weighted by molar-refractivity contribution is -0.145. The molecule has 0 aromatic carbocycles. The molecule has 0 saturated carbocycles. The van der Waals surface area contributed by atoms with Gasteiger partial charge in [0, 0.05) is 39.6 Å². The Labute approximate surface area is 131 Å². The number of hydrogen-bond donors (Lipinski definition) is 0. The molecular formula is C15H25N5O2. The molecule has 0 bridgehead atoms. The number of carbonyl (C=O) groups excluding carboxylic acids is 2. The van der Waals surface area contributed by atoms with E-state index >= 15 is 0 Å². The van der Waals surface area contributed by atoms with E-state index in [1.807, 2.05) is 36.2 Å². The Bertz CT molecular complexity index is 516. The van der Waals surface area contributed by atoms with Gasteiger partial charge in [0.2, 0.25) is 11.8 Å². The number of likely N-dealkylation sites (N-methyl/N-ethyl adjacent to an activating group) is 2. The first-order valence-corrected chi connectivity index (χ1v) is 7.51. The van der Waals surface area contributed by atoms with Crippen LogP contribution >= 0.6 is 0 Å². The first kappa shape index (κ1) is 16.5. The van der Waals surface area contributed by atoms with Gasteiger partial charge in [-0.3, -0.25) is 14.3 Å². The van der Waals surface area contributed by atoms with E-state index in [-0.39, 0.29) is 11.8 Å². The second kappa shape index (κ2) is 6.48. The molecule has 7 nitrogen and oxygen atoms in total. The molecule has 0 radical (unpaired) electrons. The lowest BCUT2D eigenvalue weighted by Gasteiger charge is -2.42. The van der Waals surface area contributed by atoms with Crippen LogP contribution in [-0.4, -0.2) is 84.1 Å². The average molecular weight is 307 g/mol. The fourth-order valence-electron chi connectivity index (χ4n) is 2.98. The van der Waals surface area contributed by atoms with E-state index in [1.54, 1.807) is 29.9 Å². The summed E-state index contributed by atoms with van der Waals surface area (Å²) in [5.41, 5.74) is -0.679. The van der Waals surface area contributed by atoms with Crippen LogP contribution in [0.15, 0.2) is 18.5 Å². The van der Waals surface area contributed by atoms with Crippen LogP contribution in [0, 0.1) is 0 Å². The Kier molecular flexibility index (Phi) is 4.85. The van der Waals surface area contributed by atoms with E-state index in [0.29, 0.717) is 32.5 Å². The molecule has 122 valence electrons. The lowest BCUT2D eigenvalue weighted by Crippen LogP contribution is -2.56. The second-order valence-electron chi connectivity index (χ2n) is 6.30. The summed E-state index contributed by atoms with van der Waals surface area (Å²) < 4.78 is 1.75. The van der Waals surface area contributed by atoms with Gasteiger partial charge in [-0.05, 0) is 33.0 Å². The molecule has 0 N–H and O–H groups in total. The monoisotopic (exact) mass is 307 g/mol. The van der Waals surface area contributed by atoms with Gasteiger partial charge < -0.3 is 14.7 Å². The van der Waals surface area contributed by atoms with Crippen LogP contribution in [0.2, 0.25) is 0 Å². The van der Waals surface area contributed by atoms with E-state index in [2.05, 4.69) is 5.10 Å². The molecule has 1 aromatic rings. The maximum Gasteiger partial charge on any atom is 0.250 e. The molecule has 1 fully saturated rings. The van der Waals surface area contributed by atoms with Gasteiger partial charge in [-0.1, -0.05) is 0 Å². The molecule has 1 aliphatic rings. The highest BCUT2D eigenvalue weighted by Crippen LogP contribution is 2.31. The third kappa shape index (κ3) is 3.14. The van der Waals surface area contributed by atoms with E-state index in [1.165, 1.54) is 0 Å². The van der Waals surface area contributed by atoms with Crippen LogP contribution in [0.5, 0.6) is 0 Å². The Morgan fingerprint density at radius 1 is 1.18 bits per heavy atom. The maximum atomic E-state index is 12.7. The zero-order chi connectivity index (χ0) is 16.3.